The molecule has 0 amide bonds. The molecule has 2 nitrogen and oxygen atoms in total. The smallest absolute Gasteiger partial charge is 0.426 e. The van der Waals surface area contributed by atoms with Gasteiger partial charge in [-0.1, -0.05) is 70.4 Å². The fourth-order valence-electron chi connectivity index (χ4n) is 6.40. The van der Waals surface area contributed by atoms with Gasteiger partial charge in [0.25, 0.3) is 0 Å². The first kappa shape index (κ1) is 32.7. The van der Waals surface area contributed by atoms with E-state index >= 15 is 0 Å². The highest BCUT2D eigenvalue weighted by Gasteiger charge is 2.72. The van der Waals surface area contributed by atoms with E-state index in [4.69, 9.17) is 4.74 Å². The van der Waals surface area contributed by atoms with Crippen molar-refractivity contribution in [2.75, 3.05) is 0 Å². The molecule has 1 aromatic carbocycles. The van der Waals surface area contributed by atoms with Gasteiger partial charge in [0, 0.05) is 6.42 Å². The third-order valence-electron chi connectivity index (χ3n) is 9.06. The number of esters is 1. The molecule has 0 N–H and O–H groups in total. The van der Waals surface area contributed by atoms with Crippen molar-refractivity contribution in [1.82, 2.24) is 0 Å². The van der Waals surface area contributed by atoms with Gasteiger partial charge < -0.3 is 4.74 Å². The Bertz CT molecular complexity index is 897. The third kappa shape index (κ3) is 8.85. The SMILES string of the molecule is CCCCCCCC1CCC(C2CCC(C(=O)Oc3ccc(CCC(F)(F)C(F)(F)C(F)(F)F)cc3)CC2)CC1. The second-order valence-electron chi connectivity index (χ2n) is 11.9. The Morgan fingerprint density at radius 1 is 0.775 bits per heavy atom. The van der Waals surface area contributed by atoms with Gasteiger partial charge in [0.1, 0.15) is 5.75 Å². The molecule has 0 unspecified atom stereocenters. The molecule has 9 heteroatoms. The van der Waals surface area contributed by atoms with Gasteiger partial charge in [-0.05, 0) is 80.4 Å². The molecule has 228 valence electrons. The van der Waals surface area contributed by atoms with E-state index in [9.17, 15) is 35.5 Å². The molecule has 3 rings (SSSR count). The number of unbranched alkanes of at least 4 members (excludes halogenated alkanes) is 4. The molecule has 2 fully saturated rings. The minimum atomic E-state index is -6.33. The molecule has 0 aliphatic heterocycles. The Labute approximate surface area is 233 Å². The van der Waals surface area contributed by atoms with E-state index in [2.05, 4.69) is 6.92 Å². The highest BCUT2D eigenvalue weighted by molar-refractivity contribution is 5.75. The molecule has 0 radical (unpaired) electrons. The zero-order valence-electron chi connectivity index (χ0n) is 23.4. The van der Waals surface area contributed by atoms with Crippen LogP contribution in [-0.2, 0) is 11.2 Å². The number of aryl methyl sites for hydroxylation is 1. The first-order chi connectivity index (χ1) is 18.8. The number of ether oxygens (including phenoxy) is 1. The molecule has 40 heavy (non-hydrogen) atoms. The number of carbonyl (C=O) groups excluding carboxylic acids is 1. The standard InChI is InChI=1S/C31H43F7O2/c1-2-3-4-5-6-7-22-8-12-24(13-9-22)25-14-16-26(17-15-25)28(39)40-27-18-10-23(11-19-27)20-21-29(32,33)30(34,35)31(36,37)38/h10-11,18-19,22,24-26H,2-9,12-17,20-21H2,1H3. The van der Waals surface area contributed by atoms with Crippen molar-refractivity contribution in [2.45, 2.75) is 128 Å². The Morgan fingerprint density at radius 2 is 1.32 bits per heavy atom. The number of rotatable bonds is 13. The maximum absolute atomic E-state index is 13.5. The molecular weight excluding hydrogens is 537 g/mol. The Balaban J connectivity index is 1.37. The van der Waals surface area contributed by atoms with Crippen LogP contribution in [0.2, 0.25) is 0 Å². The van der Waals surface area contributed by atoms with E-state index in [0.29, 0.717) is 5.92 Å². The van der Waals surface area contributed by atoms with Gasteiger partial charge in [-0.3, -0.25) is 4.79 Å². The maximum atomic E-state index is 13.5. The average molecular weight is 581 g/mol. The average Bonchev–Trinajstić information content (AvgIpc) is 2.92. The van der Waals surface area contributed by atoms with E-state index in [1.807, 2.05) is 0 Å². The first-order valence-corrected chi connectivity index (χ1v) is 15.0. The number of alkyl halides is 7. The van der Waals surface area contributed by atoms with Gasteiger partial charge in [0.2, 0.25) is 0 Å². The van der Waals surface area contributed by atoms with Crippen molar-refractivity contribution >= 4 is 5.97 Å². The number of benzene rings is 1. The third-order valence-corrected chi connectivity index (χ3v) is 9.06. The van der Waals surface area contributed by atoms with E-state index in [1.165, 1.54) is 88.5 Å². The van der Waals surface area contributed by atoms with Gasteiger partial charge >= 0.3 is 24.0 Å². The summed E-state index contributed by atoms with van der Waals surface area (Å²) in [6.07, 6.45) is 8.07. The summed E-state index contributed by atoms with van der Waals surface area (Å²) in [5, 5.41) is 0. The number of halogens is 7. The van der Waals surface area contributed by atoms with Crippen LogP contribution in [0.25, 0.3) is 0 Å². The predicted molar refractivity (Wildman–Crippen MR) is 141 cm³/mol. The summed E-state index contributed by atoms with van der Waals surface area (Å²) in [5.74, 6) is -9.46. The summed E-state index contributed by atoms with van der Waals surface area (Å²) < 4.78 is 95.6. The number of carbonyl (C=O) groups is 1. The minimum Gasteiger partial charge on any atom is -0.426 e. The van der Waals surface area contributed by atoms with Gasteiger partial charge in [-0.25, -0.2) is 0 Å². The zero-order valence-corrected chi connectivity index (χ0v) is 23.4. The lowest BCUT2D eigenvalue weighted by Gasteiger charge is -2.37. The van der Waals surface area contributed by atoms with Crippen molar-refractivity contribution in [2.24, 2.45) is 23.7 Å². The quantitative estimate of drug-likeness (QED) is 0.100. The van der Waals surface area contributed by atoms with Crippen LogP contribution in [0.1, 0.15) is 109 Å². The Hall–Kier alpha value is -1.80. The molecule has 0 atom stereocenters. The topological polar surface area (TPSA) is 26.3 Å². The molecule has 1 aromatic rings. The molecule has 0 heterocycles. The largest absolute Gasteiger partial charge is 0.459 e. The molecular formula is C31H43F7O2. The van der Waals surface area contributed by atoms with Crippen LogP contribution < -0.4 is 4.74 Å². The lowest BCUT2D eigenvalue weighted by atomic mass is 9.68. The zero-order chi connectivity index (χ0) is 29.4. The van der Waals surface area contributed by atoms with Gasteiger partial charge in [0.05, 0.1) is 5.92 Å². The fourth-order valence-corrected chi connectivity index (χ4v) is 6.40. The van der Waals surface area contributed by atoms with Crippen molar-refractivity contribution in [3.63, 3.8) is 0 Å². The monoisotopic (exact) mass is 580 g/mol. The highest BCUT2D eigenvalue weighted by Crippen LogP contribution is 2.48. The van der Waals surface area contributed by atoms with Gasteiger partial charge in [0.15, 0.2) is 0 Å². The normalized spacial score (nSPS) is 24.6. The lowest BCUT2D eigenvalue weighted by molar-refractivity contribution is -0.355. The summed E-state index contributed by atoms with van der Waals surface area (Å²) >= 11 is 0. The molecule has 0 saturated heterocycles. The Kier molecular flexibility index (Phi) is 11.8. The molecule has 2 saturated carbocycles. The van der Waals surface area contributed by atoms with Gasteiger partial charge in [-0.15, -0.1) is 0 Å². The molecule has 2 aliphatic carbocycles. The van der Waals surface area contributed by atoms with Crippen molar-refractivity contribution in [3.05, 3.63) is 29.8 Å². The van der Waals surface area contributed by atoms with Crippen LogP contribution in [0.15, 0.2) is 24.3 Å². The minimum absolute atomic E-state index is 0.143. The number of hydrogen-bond acceptors (Lipinski definition) is 2. The van der Waals surface area contributed by atoms with E-state index < -0.39 is 30.9 Å². The lowest BCUT2D eigenvalue weighted by Crippen LogP contribution is -2.52. The van der Waals surface area contributed by atoms with Crippen LogP contribution in [0, 0.1) is 23.7 Å². The van der Waals surface area contributed by atoms with Crippen LogP contribution in [-0.4, -0.2) is 24.0 Å². The second-order valence-corrected chi connectivity index (χ2v) is 11.9. The molecule has 2 aliphatic rings. The molecule has 0 aromatic heterocycles. The summed E-state index contributed by atoms with van der Waals surface area (Å²) in [7, 11) is 0. The van der Waals surface area contributed by atoms with E-state index in [0.717, 1.165) is 37.5 Å². The number of hydrogen-bond donors (Lipinski definition) is 0. The highest BCUT2D eigenvalue weighted by atomic mass is 19.4. The van der Waals surface area contributed by atoms with E-state index in [1.54, 1.807) is 0 Å². The molecule has 0 bridgehead atoms. The maximum Gasteiger partial charge on any atom is 0.459 e. The summed E-state index contributed by atoms with van der Waals surface area (Å²) in [5.41, 5.74) is 0.143. The first-order valence-electron chi connectivity index (χ1n) is 15.0. The van der Waals surface area contributed by atoms with Crippen molar-refractivity contribution in [1.29, 1.82) is 0 Å². The summed E-state index contributed by atoms with van der Waals surface area (Å²) in [4.78, 5) is 12.7. The predicted octanol–water partition coefficient (Wildman–Crippen LogP) is 10.3. The van der Waals surface area contributed by atoms with Crippen LogP contribution in [0.5, 0.6) is 5.75 Å². The fraction of sp³-hybridized carbons (Fsp3) is 0.774. The van der Waals surface area contributed by atoms with E-state index in [-0.39, 0.29) is 23.2 Å². The summed E-state index contributed by atoms with van der Waals surface area (Å²) in [6, 6.07) is 5.29. The molecule has 0 spiro atoms. The van der Waals surface area contributed by atoms with Gasteiger partial charge in [-0.2, -0.15) is 30.7 Å². The van der Waals surface area contributed by atoms with Crippen LogP contribution >= 0.6 is 0 Å². The second kappa shape index (κ2) is 14.4. The van der Waals surface area contributed by atoms with Crippen LogP contribution in [0.4, 0.5) is 30.7 Å². The van der Waals surface area contributed by atoms with Crippen LogP contribution in [0.3, 0.4) is 0 Å². The Morgan fingerprint density at radius 3 is 1.88 bits per heavy atom. The van der Waals surface area contributed by atoms with Crippen molar-refractivity contribution in [3.8, 4) is 5.75 Å². The summed E-state index contributed by atoms with van der Waals surface area (Å²) in [6.45, 7) is 2.24. The van der Waals surface area contributed by atoms with Crippen molar-refractivity contribution < 1.29 is 40.3 Å².